The van der Waals surface area contributed by atoms with Crippen molar-refractivity contribution in [3.8, 4) is 0 Å². The average Bonchev–Trinajstić information content (AvgIpc) is 3.10. The highest BCUT2D eigenvalue weighted by Crippen LogP contribution is 2.33. The molecule has 6 nitrogen and oxygen atoms in total. The predicted octanol–water partition coefficient (Wildman–Crippen LogP) is 4.09. The Bertz CT molecular complexity index is 948. The van der Waals surface area contributed by atoms with Gasteiger partial charge in [0.15, 0.2) is 6.61 Å². The topological polar surface area (TPSA) is 75.7 Å². The number of para-hydroxylation sites is 1. The van der Waals surface area contributed by atoms with Crippen molar-refractivity contribution in [2.45, 2.75) is 19.8 Å². The maximum Gasteiger partial charge on any atom is 0.311 e. The number of halogens is 2. The first kappa shape index (κ1) is 21.1. The van der Waals surface area contributed by atoms with Crippen LogP contribution in [0.4, 0.5) is 11.4 Å². The van der Waals surface area contributed by atoms with Gasteiger partial charge in [-0.05, 0) is 36.2 Å². The molecular weight excluding hydrogens is 415 g/mol. The second-order valence-corrected chi connectivity index (χ2v) is 7.51. The Hall–Kier alpha value is -2.57. The van der Waals surface area contributed by atoms with E-state index in [-0.39, 0.29) is 18.9 Å². The molecule has 0 bridgehead atoms. The molecule has 1 aliphatic rings. The third kappa shape index (κ3) is 5.08. The summed E-state index contributed by atoms with van der Waals surface area (Å²) in [5.74, 6) is -1.96. The van der Waals surface area contributed by atoms with E-state index in [2.05, 4.69) is 5.32 Å². The lowest BCUT2D eigenvalue weighted by molar-refractivity contribution is -0.151. The van der Waals surface area contributed by atoms with Crippen LogP contribution in [0.15, 0.2) is 42.5 Å². The summed E-state index contributed by atoms with van der Waals surface area (Å²) >= 11 is 12.1. The number of carbonyl (C=O) groups excluding carboxylic acids is 3. The van der Waals surface area contributed by atoms with Crippen molar-refractivity contribution in [2.24, 2.45) is 5.92 Å². The van der Waals surface area contributed by atoms with E-state index in [0.717, 1.165) is 12.0 Å². The van der Waals surface area contributed by atoms with Crippen LogP contribution in [0, 0.1) is 5.92 Å². The lowest BCUT2D eigenvalue weighted by atomic mass is 10.1. The lowest BCUT2D eigenvalue weighted by Gasteiger charge is -2.18. The fraction of sp³-hybridized carbons (Fsp3) is 0.286. The number of amides is 2. The zero-order chi connectivity index (χ0) is 21.0. The Balaban J connectivity index is 1.57. The van der Waals surface area contributed by atoms with Gasteiger partial charge >= 0.3 is 5.97 Å². The van der Waals surface area contributed by atoms with Crippen LogP contribution < -0.4 is 10.2 Å². The van der Waals surface area contributed by atoms with Crippen molar-refractivity contribution < 1.29 is 19.1 Å². The zero-order valence-corrected chi connectivity index (χ0v) is 17.3. The van der Waals surface area contributed by atoms with Crippen molar-refractivity contribution in [3.63, 3.8) is 0 Å². The highest BCUT2D eigenvalue weighted by atomic mass is 35.5. The normalized spacial score (nSPS) is 16.0. The van der Waals surface area contributed by atoms with Gasteiger partial charge in [0.2, 0.25) is 5.91 Å². The molecule has 0 aromatic heterocycles. The molecule has 2 aromatic carbocycles. The standard InChI is InChI=1S/C21H20Cl2N2O4/c1-2-13-5-3-4-6-17(13)24-19(26)12-29-21(28)14-9-20(27)25(11-14)18-10-15(22)7-8-16(18)23/h3-8,10,14H,2,9,11-12H2,1H3,(H,24,26)/t14-/m1/s1. The molecule has 1 aliphatic heterocycles. The van der Waals surface area contributed by atoms with E-state index < -0.39 is 24.4 Å². The molecule has 1 heterocycles. The van der Waals surface area contributed by atoms with E-state index in [4.69, 9.17) is 27.9 Å². The van der Waals surface area contributed by atoms with E-state index in [9.17, 15) is 14.4 Å². The van der Waals surface area contributed by atoms with Gasteiger partial charge in [-0.3, -0.25) is 14.4 Å². The van der Waals surface area contributed by atoms with E-state index in [1.54, 1.807) is 24.3 Å². The summed E-state index contributed by atoms with van der Waals surface area (Å²) in [5, 5.41) is 3.54. The summed E-state index contributed by atoms with van der Waals surface area (Å²) in [6.45, 7) is 1.69. The van der Waals surface area contributed by atoms with Crippen molar-refractivity contribution in [3.05, 3.63) is 58.1 Å². The van der Waals surface area contributed by atoms with Crippen LogP contribution in [0.25, 0.3) is 0 Å². The van der Waals surface area contributed by atoms with Crippen LogP contribution in [0.1, 0.15) is 18.9 Å². The number of rotatable bonds is 6. The molecule has 0 spiro atoms. The molecule has 1 N–H and O–H groups in total. The van der Waals surface area contributed by atoms with Crippen molar-refractivity contribution >= 4 is 52.4 Å². The molecule has 0 aliphatic carbocycles. The first-order chi connectivity index (χ1) is 13.9. The van der Waals surface area contributed by atoms with E-state index in [1.807, 2.05) is 25.1 Å². The van der Waals surface area contributed by atoms with Crippen LogP contribution in [0.5, 0.6) is 0 Å². The molecule has 0 unspecified atom stereocenters. The smallest absolute Gasteiger partial charge is 0.311 e. The molecule has 1 saturated heterocycles. The molecule has 29 heavy (non-hydrogen) atoms. The summed E-state index contributed by atoms with van der Waals surface area (Å²) in [5.41, 5.74) is 2.13. The van der Waals surface area contributed by atoms with Gasteiger partial charge in [0.1, 0.15) is 0 Å². The minimum absolute atomic E-state index is 0.0119. The molecule has 2 amide bonds. The summed E-state index contributed by atoms with van der Waals surface area (Å²) < 4.78 is 5.13. The monoisotopic (exact) mass is 434 g/mol. The van der Waals surface area contributed by atoms with Crippen molar-refractivity contribution in [1.29, 1.82) is 0 Å². The number of anilines is 2. The number of aryl methyl sites for hydroxylation is 1. The fourth-order valence-corrected chi connectivity index (χ4v) is 3.57. The number of esters is 1. The van der Waals surface area contributed by atoms with Crippen LogP contribution in [0.3, 0.4) is 0 Å². The fourth-order valence-electron chi connectivity index (χ4n) is 3.18. The van der Waals surface area contributed by atoms with Crippen LogP contribution in [-0.2, 0) is 25.5 Å². The van der Waals surface area contributed by atoms with Gasteiger partial charge in [0.05, 0.1) is 16.6 Å². The Morgan fingerprint density at radius 1 is 1.21 bits per heavy atom. The third-order valence-electron chi connectivity index (χ3n) is 4.68. The Labute approximate surface area is 178 Å². The van der Waals surface area contributed by atoms with Gasteiger partial charge in [-0.25, -0.2) is 0 Å². The van der Waals surface area contributed by atoms with Crippen molar-refractivity contribution in [1.82, 2.24) is 0 Å². The van der Waals surface area contributed by atoms with E-state index >= 15 is 0 Å². The Morgan fingerprint density at radius 2 is 1.97 bits per heavy atom. The minimum atomic E-state index is -0.673. The zero-order valence-electron chi connectivity index (χ0n) is 15.8. The lowest BCUT2D eigenvalue weighted by Crippen LogP contribution is -2.28. The minimum Gasteiger partial charge on any atom is -0.455 e. The first-order valence-corrected chi connectivity index (χ1v) is 9.94. The summed E-state index contributed by atoms with van der Waals surface area (Å²) in [4.78, 5) is 38.2. The van der Waals surface area contributed by atoms with Crippen LogP contribution in [-0.4, -0.2) is 30.9 Å². The number of hydrogen-bond donors (Lipinski definition) is 1. The number of nitrogens with zero attached hydrogens (tertiary/aromatic N) is 1. The molecule has 0 saturated carbocycles. The Morgan fingerprint density at radius 3 is 2.72 bits per heavy atom. The van der Waals surface area contributed by atoms with Gasteiger partial charge in [0, 0.05) is 23.7 Å². The Kier molecular flexibility index (Phi) is 6.77. The molecule has 2 aromatic rings. The van der Waals surface area contributed by atoms with Gasteiger partial charge in [-0.2, -0.15) is 0 Å². The first-order valence-electron chi connectivity index (χ1n) is 9.18. The van der Waals surface area contributed by atoms with Gasteiger partial charge < -0.3 is 15.0 Å². The predicted molar refractivity (Wildman–Crippen MR) is 112 cm³/mol. The maximum atomic E-state index is 12.4. The second kappa shape index (κ2) is 9.29. The number of benzene rings is 2. The van der Waals surface area contributed by atoms with Crippen LogP contribution >= 0.6 is 23.2 Å². The molecular formula is C21H20Cl2N2O4. The van der Waals surface area contributed by atoms with Gasteiger partial charge in [0.25, 0.3) is 5.91 Å². The molecule has 0 radical (unpaired) electrons. The molecule has 8 heteroatoms. The van der Waals surface area contributed by atoms with E-state index in [0.29, 0.717) is 21.4 Å². The number of hydrogen-bond acceptors (Lipinski definition) is 4. The second-order valence-electron chi connectivity index (χ2n) is 6.67. The SMILES string of the molecule is CCc1ccccc1NC(=O)COC(=O)[C@@H]1CC(=O)N(c2cc(Cl)ccc2Cl)C1. The van der Waals surface area contributed by atoms with E-state index in [1.165, 1.54) is 4.90 Å². The maximum absolute atomic E-state index is 12.4. The summed E-state index contributed by atoms with van der Waals surface area (Å²) in [7, 11) is 0. The number of carbonyl (C=O) groups is 3. The molecule has 3 rings (SSSR count). The highest BCUT2D eigenvalue weighted by Gasteiger charge is 2.37. The molecule has 1 fully saturated rings. The quantitative estimate of drug-likeness (QED) is 0.694. The summed E-state index contributed by atoms with van der Waals surface area (Å²) in [6, 6.07) is 12.2. The van der Waals surface area contributed by atoms with Gasteiger partial charge in [-0.15, -0.1) is 0 Å². The van der Waals surface area contributed by atoms with Crippen molar-refractivity contribution in [2.75, 3.05) is 23.4 Å². The largest absolute Gasteiger partial charge is 0.455 e. The molecule has 152 valence electrons. The molecule has 1 atom stereocenters. The summed E-state index contributed by atoms with van der Waals surface area (Å²) in [6.07, 6.45) is 0.754. The van der Waals surface area contributed by atoms with Crippen LogP contribution in [0.2, 0.25) is 10.0 Å². The third-order valence-corrected chi connectivity index (χ3v) is 5.23. The number of nitrogens with one attached hydrogen (secondary N) is 1. The van der Waals surface area contributed by atoms with Gasteiger partial charge in [-0.1, -0.05) is 48.3 Å². The average molecular weight is 435 g/mol. The number of ether oxygens (including phenoxy) is 1. The highest BCUT2D eigenvalue weighted by molar-refractivity contribution is 6.35.